The Morgan fingerprint density at radius 3 is 2.59 bits per heavy atom. The number of ether oxygens (including phenoxy) is 2. The molecule has 0 amide bonds. The minimum atomic E-state index is -0.544. The maximum absolute atomic E-state index is 12.0. The van der Waals surface area contributed by atoms with Gasteiger partial charge in [-0.25, -0.2) is 9.78 Å². The van der Waals surface area contributed by atoms with Gasteiger partial charge in [0, 0.05) is 11.6 Å². The van der Waals surface area contributed by atoms with Crippen molar-refractivity contribution in [2.75, 3.05) is 6.61 Å². The highest BCUT2D eigenvalue weighted by molar-refractivity contribution is 6.32. The van der Waals surface area contributed by atoms with Crippen LogP contribution in [0.5, 0.6) is 11.5 Å². The molecular formula is C21H14ClNO4. The zero-order chi connectivity index (χ0) is 18.6. The first-order valence-electron chi connectivity index (χ1n) is 8.23. The number of benzene rings is 3. The molecule has 4 aromatic rings. The van der Waals surface area contributed by atoms with Crippen LogP contribution in [0.1, 0.15) is 0 Å². The molecule has 134 valence electrons. The molecule has 4 rings (SSSR count). The van der Waals surface area contributed by atoms with Crippen molar-refractivity contribution in [3.05, 3.63) is 77.8 Å². The smallest absolute Gasteiger partial charge is 0.349 e. The number of carbonyl (C=O) groups is 1. The molecule has 0 aliphatic carbocycles. The van der Waals surface area contributed by atoms with E-state index in [-0.39, 0.29) is 6.61 Å². The van der Waals surface area contributed by atoms with Crippen LogP contribution >= 0.6 is 11.6 Å². The maximum atomic E-state index is 12.0. The lowest BCUT2D eigenvalue weighted by atomic mass is 10.2. The van der Waals surface area contributed by atoms with Crippen molar-refractivity contribution in [1.82, 2.24) is 4.98 Å². The number of hydrogen-bond acceptors (Lipinski definition) is 5. The maximum Gasteiger partial charge on any atom is 0.349 e. The Morgan fingerprint density at radius 2 is 1.78 bits per heavy atom. The van der Waals surface area contributed by atoms with E-state index in [2.05, 4.69) is 4.98 Å². The van der Waals surface area contributed by atoms with Crippen molar-refractivity contribution in [2.45, 2.75) is 0 Å². The number of carbonyl (C=O) groups excluding carboxylic acids is 1. The summed E-state index contributed by atoms with van der Waals surface area (Å²) in [7, 11) is 0. The topological polar surface area (TPSA) is 61.6 Å². The fourth-order valence-corrected chi connectivity index (χ4v) is 2.72. The number of rotatable bonds is 5. The molecule has 0 saturated heterocycles. The first-order chi connectivity index (χ1) is 13.2. The fourth-order valence-electron chi connectivity index (χ4n) is 2.53. The second-order valence-corrected chi connectivity index (χ2v) is 6.11. The second kappa shape index (κ2) is 7.51. The summed E-state index contributed by atoms with van der Waals surface area (Å²) < 4.78 is 16.5. The van der Waals surface area contributed by atoms with Gasteiger partial charge >= 0.3 is 5.97 Å². The zero-order valence-electron chi connectivity index (χ0n) is 14.1. The molecule has 0 radical (unpaired) electrons. The lowest BCUT2D eigenvalue weighted by Crippen LogP contribution is -2.17. The van der Waals surface area contributed by atoms with Crippen LogP contribution in [0, 0.1) is 0 Å². The zero-order valence-corrected chi connectivity index (χ0v) is 14.8. The highest BCUT2D eigenvalue weighted by Gasteiger charge is 2.12. The van der Waals surface area contributed by atoms with Crippen molar-refractivity contribution >= 4 is 28.7 Å². The molecule has 0 saturated carbocycles. The van der Waals surface area contributed by atoms with Gasteiger partial charge in [0.1, 0.15) is 17.0 Å². The van der Waals surface area contributed by atoms with Crippen molar-refractivity contribution in [3.8, 4) is 23.0 Å². The SMILES string of the molecule is O=C(COc1ccccc1Cl)Oc1ccc2nc(-c3ccccc3)oc2c1. The summed E-state index contributed by atoms with van der Waals surface area (Å²) in [5, 5.41) is 0.432. The lowest BCUT2D eigenvalue weighted by molar-refractivity contribution is -0.136. The van der Waals surface area contributed by atoms with Crippen molar-refractivity contribution in [1.29, 1.82) is 0 Å². The summed E-state index contributed by atoms with van der Waals surface area (Å²) in [5.41, 5.74) is 2.09. The molecule has 0 fully saturated rings. The highest BCUT2D eigenvalue weighted by atomic mass is 35.5. The van der Waals surface area contributed by atoms with E-state index >= 15 is 0 Å². The van der Waals surface area contributed by atoms with E-state index in [1.54, 1.807) is 42.5 Å². The average Bonchev–Trinajstić information content (AvgIpc) is 3.11. The predicted octanol–water partition coefficient (Wildman–Crippen LogP) is 5.13. The van der Waals surface area contributed by atoms with Gasteiger partial charge in [0.05, 0.1) is 5.02 Å². The van der Waals surface area contributed by atoms with Gasteiger partial charge in [-0.1, -0.05) is 41.9 Å². The Morgan fingerprint density at radius 1 is 1.00 bits per heavy atom. The third kappa shape index (κ3) is 3.93. The molecule has 5 nitrogen and oxygen atoms in total. The Bertz CT molecular complexity index is 1090. The molecular weight excluding hydrogens is 366 g/mol. The molecule has 1 aromatic heterocycles. The number of para-hydroxylation sites is 1. The predicted molar refractivity (Wildman–Crippen MR) is 102 cm³/mol. The van der Waals surface area contributed by atoms with E-state index in [0.29, 0.717) is 33.5 Å². The number of oxazole rings is 1. The number of halogens is 1. The summed E-state index contributed by atoms with van der Waals surface area (Å²) in [6.07, 6.45) is 0. The van der Waals surface area contributed by atoms with E-state index in [9.17, 15) is 4.79 Å². The van der Waals surface area contributed by atoms with Crippen molar-refractivity contribution in [2.24, 2.45) is 0 Å². The summed E-state index contributed by atoms with van der Waals surface area (Å²) in [6, 6.07) is 21.5. The van der Waals surface area contributed by atoms with Gasteiger partial charge in [-0.15, -0.1) is 0 Å². The third-order valence-corrected chi connectivity index (χ3v) is 4.11. The lowest BCUT2D eigenvalue weighted by Gasteiger charge is -2.07. The normalized spacial score (nSPS) is 10.7. The Hall–Kier alpha value is -3.31. The van der Waals surface area contributed by atoms with Crippen LogP contribution in [-0.2, 0) is 4.79 Å². The fraction of sp³-hybridized carbons (Fsp3) is 0.0476. The van der Waals surface area contributed by atoms with E-state index in [0.717, 1.165) is 5.56 Å². The summed E-state index contributed by atoms with van der Waals surface area (Å²) >= 11 is 5.99. The number of aromatic nitrogens is 1. The first-order valence-corrected chi connectivity index (χ1v) is 8.61. The van der Waals surface area contributed by atoms with Gasteiger partial charge < -0.3 is 13.9 Å². The van der Waals surface area contributed by atoms with Gasteiger partial charge in [0.15, 0.2) is 12.2 Å². The highest BCUT2D eigenvalue weighted by Crippen LogP contribution is 2.27. The molecule has 27 heavy (non-hydrogen) atoms. The summed E-state index contributed by atoms with van der Waals surface area (Å²) in [5.74, 6) is 0.744. The Labute approximate surface area is 160 Å². The molecule has 0 bridgehead atoms. The van der Waals surface area contributed by atoms with Crippen molar-refractivity contribution in [3.63, 3.8) is 0 Å². The molecule has 3 aromatic carbocycles. The Balaban J connectivity index is 1.46. The van der Waals surface area contributed by atoms with E-state index in [1.807, 2.05) is 30.3 Å². The van der Waals surface area contributed by atoms with E-state index in [1.165, 1.54) is 0 Å². The Kier molecular flexibility index (Phi) is 4.77. The molecule has 0 unspecified atom stereocenters. The molecule has 0 N–H and O–H groups in total. The monoisotopic (exact) mass is 379 g/mol. The van der Waals surface area contributed by atoms with Crippen LogP contribution < -0.4 is 9.47 Å². The van der Waals surface area contributed by atoms with Gasteiger partial charge in [-0.3, -0.25) is 0 Å². The minimum absolute atomic E-state index is 0.257. The van der Waals surface area contributed by atoms with Gasteiger partial charge in [0.25, 0.3) is 0 Å². The summed E-state index contributed by atoms with van der Waals surface area (Å²) in [4.78, 5) is 16.5. The number of hydrogen-bond donors (Lipinski definition) is 0. The summed E-state index contributed by atoms with van der Waals surface area (Å²) in [6.45, 7) is -0.257. The number of fused-ring (bicyclic) bond motifs is 1. The number of esters is 1. The molecule has 0 spiro atoms. The quantitative estimate of drug-likeness (QED) is 0.355. The third-order valence-electron chi connectivity index (χ3n) is 3.79. The first kappa shape index (κ1) is 17.1. The molecule has 1 heterocycles. The minimum Gasteiger partial charge on any atom is -0.480 e. The van der Waals surface area contributed by atoms with Gasteiger partial charge in [-0.2, -0.15) is 0 Å². The van der Waals surface area contributed by atoms with Gasteiger partial charge in [-0.05, 0) is 36.4 Å². The van der Waals surface area contributed by atoms with Crippen LogP contribution in [0.4, 0.5) is 0 Å². The van der Waals surface area contributed by atoms with Gasteiger partial charge in [0.2, 0.25) is 5.89 Å². The van der Waals surface area contributed by atoms with Crippen LogP contribution in [0.15, 0.2) is 77.2 Å². The van der Waals surface area contributed by atoms with E-state index in [4.69, 9.17) is 25.5 Å². The second-order valence-electron chi connectivity index (χ2n) is 5.71. The van der Waals surface area contributed by atoms with Crippen LogP contribution in [0.2, 0.25) is 5.02 Å². The standard InChI is InChI=1S/C21H14ClNO4/c22-16-8-4-5-9-18(16)25-13-20(24)26-15-10-11-17-19(12-15)27-21(23-17)14-6-2-1-3-7-14/h1-12H,13H2. The molecule has 0 aliphatic heterocycles. The molecule has 6 heteroatoms. The average molecular weight is 380 g/mol. The van der Waals surface area contributed by atoms with Crippen LogP contribution in [-0.4, -0.2) is 17.6 Å². The van der Waals surface area contributed by atoms with Crippen LogP contribution in [0.3, 0.4) is 0 Å². The van der Waals surface area contributed by atoms with Crippen molar-refractivity contribution < 1.29 is 18.7 Å². The van der Waals surface area contributed by atoms with Crippen LogP contribution in [0.25, 0.3) is 22.6 Å². The molecule has 0 aliphatic rings. The largest absolute Gasteiger partial charge is 0.480 e. The molecule has 0 atom stereocenters. The van der Waals surface area contributed by atoms with E-state index < -0.39 is 5.97 Å². The number of nitrogens with zero attached hydrogens (tertiary/aromatic N) is 1.